The zero-order valence-corrected chi connectivity index (χ0v) is 9.58. The number of rotatable bonds is 5. The molecule has 0 saturated carbocycles. The number of carboxylic acids is 1. The van der Waals surface area contributed by atoms with E-state index in [4.69, 9.17) is 5.11 Å². The monoisotopic (exact) mass is 229 g/mol. The molecule has 0 aliphatic heterocycles. The summed E-state index contributed by atoms with van der Waals surface area (Å²) in [5, 5.41) is 12.8. The first-order valence-electron chi connectivity index (χ1n) is 4.69. The van der Waals surface area contributed by atoms with Crippen molar-refractivity contribution in [1.29, 1.82) is 0 Å². The van der Waals surface area contributed by atoms with Crippen LogP contribution in [0.1, 0.15) is 18.7 Å². The summed E-state index contributed by atoms with van der Waals surface area (Å²) in [6.07, 6.45) is 0.748. The number of carbonyl (C=O) groups excluding carboxylic acids is 1. The van der Waals surface area contributed by atoms with E-state index >= 15 is 0 Å². The van der Waals surface area contributed by atoms with Crippen molar-refractivity contribution in [2.24, 2.45) is 0 Å². The lowest BCUT2D eigenvalue weighted by atomic mass is 10.2. The summed E-state index contributed by atoms with van der Waals surface area (Å²) >= 11 is 1.48. The molecule has 2 N–H and O–H groups in total. The van der Waals surface area contributed by atoms with Gasteiger partial charge in [-0.1, -0.05) is 19.9 Å². The molecule has 0 fully saturated rings. The van der Waals surface area contributed by atoms with E-state index in [1.54, 1.807) is 0 Å². The summed E-state index contributed by atoms with van der Waals surface area (Å²) in [6.45, 7) is 4.00. The minimum Gasteiger partial charge on any atom is -0.480 e. The first-order valence-corrected chi connectivity index (χ1v) is 5.57. The Kier molecular flexibility index (Phi) is 7.27. The van der Waals surface area contributed by atoms with Crippen LogP contribution >= 0.6 is 11.3 Å². The van der Waals surface area contributed by atoms with Crippen LogP contribution in [0.25, 0.3) is 0 Å². The molecule has 0 aromatic carbocycles. The molecule has 4 nitrogen and oxygen atoms in total. The third kappa shape index (κ3) is 5.17. The molecule has 1 unspecified atom stereocenters. The molecule has 1 amide bonds. The number of nitrogens with one attached hydrogen (secondary N) is 1. The van der Waals surface area contributed by atoms with Gasteiger partial charge in [-0.3, -0.25) is 4.79 Å². The maximum Gasteiger partial charge on any atom is 0.326 e. The van der Waals surface area contributed by atoms with E-state index in [0.717, 1.165) is 4.88 Å². The van der Waals surface area contributed by atoms with E-state index in [-0.39, 0.29) is 0 Å². The third-order valence-electron chi connectivity index (χ3n) is 1.55. The second-order valence-electron chi connectivity index (χ2n) is 2.46. The van der Waals surface area contributed by atoms with Crippen molar-refractivity contribution >= 4 is 23.7 Å². The Labute approximate surface area is 92.9 Å². The zero-order valence-electron chi connectivity index (χ0n) is 8.77. The highest BCUT2D eigenvalue weighted by molar-refractivity contribution is 7.09. The van der Waals surface area contributed by atoms with Crippen molar-refractivity contribution in [2.45, 2.75) is 26.3 Å². The average molecular weight is 229 g/mol. The molecule has 15 heavy (non-hydrogen) atoms. The van der Waals surface area contributed by atoms with Crippen LogP contribution in [-0.2, 0) is 16.0 Å². The molecule has 1 rings (SSSR count). The normalized spacial score (nSPS) is 10.8. The highest BCUT2D eigenvalue weighted by atomic mass is 32.1. The smallest absolute Gasteiger partial charge is 0.326 e. The van der Waals surface area contributed by atoms with Crippen LogP contribution in [-0.4, -0.2) is 23.5 Å². The van der Waals surface area contributed by atoms with Crippen molar-refractivity contribution in [3.8, 4) is 0 Å². The number of carboxylic acid groups (broad SMARTS) is 1. The standard InChI is InChI=1S/C8H9NO3S.C2H6/c10-5-9-7(8(11)12)4-6-2-1-3-13-6;1-2/h1-3,5,7H,4H2,(H,9,10)(H,11,12);1-2H3. The van der Waals surface area contributed by atoms with E-state index in [0.29, 0.717) is 12.8 Å². The Morgan fingerprint density at radius 1 is 1.67 bits per heavy atom. The number of hydrogen-bond donors (Lipinski definition) is 2. The van der Waals surface area contributed by atoms with Gasteiger partial charge in [0.25, 0.3) is 0 Å². The summed E-state index contributed by atoms with van der Waals surface area (Å²) in [5.41, 5.74) is 0. The van der Waals surface area contributed by atoms with Crippen LogP contribution < -0.4 is 5.32 Å². The fourth-order valence-electron chi connectivity index (χ4n) is 0.930. The molecule has 0 saturated heterocycles. The second kappa shape index (κ2) is 7.99. The van der Waals surface area contributed by atoms with Gasteiger partial charge in [-0.05, 0) is 11.4 Å². The average Bonchev–Trinajstić information content (AvgIpc) is 2.73. The van der Waals surface area contributed by atoms with Crippen molar-refractivity contribution in [1.82, 2.24) is 5.32 Å². The minimum absolute atomic E-state index is 0.339. The van der Waals surface area contributed by atoms with Crippen LogP contribution in [0.2, 0.25) is 0 Å². The van der Waals surface area contributed by atoms with Crippen molar-refractivity contribution in [3.63, 3.8) is 0 Å². The first kappa shape index (κ1) is 13.6. The Hall–Kier alpha value is -1.36. The molecule has 0 radical (unpaired) electrons. The van der Waals surface area contributed by atoms with Crippen molar-refractivity contribution in [3.05, 3.63) is 22.4 Å². The molecular weight excluding hydrogens is 214 g/mol. The van der Waals surface area contributed by atoms with Gasteiger partial charge >= 0.3 is 5.97 Å². The number of carbonyl (C=O) groups is 2. The topological polar surface area (TPSA) is 66.4 Å². The Bertz CT molecular complexity index is 285. The van der Waals surface area contributed by atoms with Crippen LogP contribution in [0.5, 0.6) is 0 Å². The van der Waals surface area contributed by atoms with Gasteiger partial charge in [0.05, 0.1) is 0 Å². The molecular formula is C10H15NO3S. The number of amides is 1. The van der Waals surface area contributed by atoms with Gasteiger partial charge in [0.15, 0.2) is 0 Å². The minimum atomic E-state index is -1.01. The molecule has 0 aliphatic rings. The Balaban J connectivity index is 0.000000921. The lowest BCUT2D eigenvalue weighted by molar-refractivity contribution is -0.140. The molecule has 1 heterocycles. The summed E-state index contributed by atoms with van der Waals surface area (Å²) in [6, 6.07) is 2.86. The molecule has 0 bridgehead atoms. The van der Waals surface area contributed by atoms with Crippen LogP contribution in [0, 0.1) is 0 Å². The lowest BCUT2D eigenvalue weighted by Gasteiger charge is -2.08. The number of hydrogen-bond acceptors (Lipinski definition) is 3. The Morgan fingerprint density at radius 3 is 2.73 bits per heavy atom. The van der Waals surface area contributed by atoms with Crippen molar-refractivity contribution in [2.75, 3.05) is 0 Å². The third-order valence-corrected chi connectivity index (χ3v) is 2.45. The molecule has 1 aromatic heterocycles. The molecule has 5 heteroatoms. The van der Waals surface area contributed by atoms with Crippen molar-refractivity contribution < 1.29 is 14.7 Å². The summed E-state index contributed by atoms with van der Waals surface area (Å²) < 4.78 is 0. The van der Waals surface area contributed by atoms with E-state index in [1.807, 2.05) is 31.4 Å². The van der Waals surface area contributed by atoms with Crippen LogP contribution in [0.3, 0.4) is 0 Å². The van der Waals surface area contributed by atoms with Gasteiger partial charge in [0.2, 0.25) is 6.41 Å². The molecule has 0 spiro atoms. The predicted octanol–water partition coefficient (Wildman–Crippen LogP) is 1.52. The van der Waals surface area contributed by atoms with Crippen LogP contribution in [0.4, 0.5) is 0 Å². The van der Waals surface area contributed by atoms with Gasteiger partial charge in [0.1, 0.15) is 6.04 Å². The SMILES string of the molecule is CC.O=CNC(Cc1cccs1)C(=O)O. The zero-order chi connectivity index (χ0) is 11.7. The largest absolute Gasteiger partial charge is 0.480 e. The second-order valence-corrected chi connectivity index (χ2v) is 3.49. The van der Waals surface area contributed by atoms with Gasteiger partial charge in [-0.15, -0.1) is 11.3 Å². The highest BCUT2D eigenvalue weighted by Crippen LogP contribution is 2.10. The lowest BCUT2D eigenvalue weighted by Crippen LogP contribution is -2.37. The maximum absolute atomic E-state index is 10.6. The van der Waals surface area contributed by atoms with Gasteiger partial charge in [0, 0.05) is 11.3 Å². The number of thiophene rings is 1. The predicted molar refractivity (Wildman–Crippen MR) is 60.0 cm³/mol. The van der Waals surface area contributed by atoms with Gasteiger partial charge in [-0.25, -0.2) is 4.79 Å². The summed E-state index contributed by atoms with van der Waals surface area (Å²) in [5.74, 6) is -1.01. The van der Waals surface area contributed by atoms with Gasteiger partial charge in [-0.2, -0.15) is 0 Å². The Morgan fingerprint density at radius 2 is 2.33 bits per heavy atom. The van der Waals surface area contributed by atoms with E-state index in [9.17, 15) is 9.59 Å². The molecule has 1 atom stereocenters. The van der Waals surface area contributed by atoms with E-state index in [1.165, 1.54) is 11.3 Å². The van der Waals surface area contributed by atoms with Crippen LogP contribution in [0.15, 0.2) is 17.5 Å². The molecule has 0 aliphatic carbocycles. The summed E-state index contributed by atoms with van der Waals surface area (Å²) in [4.78, 5) is 21.6. The van der Waals surface area contributed by atoms with E-state index < -0.39 is 12.0 Å². The maximum atomic E-state index is 10.6. The fraction of sp³-hybridized carbons (Fsp3) is 0.400. The number of aliphatic carboxylic acids is 1. The highest BCUT2D eigenvalue weighted by Gasteiger charge is 2.16. The molecule has 1 aromatic rings. The molecule has 84 valence electrons. The summed E-state index contributed by atoms with van der Waals surface area (Å²) in [7, 11) is 0. The van der Waals surface area contributed by atoms with Gasteiger partial charge < -0.3 is 10.4 Å². The van der Waals surface area contributed by atoms with E-state index in [2.05, 4.69) is 5.32 Å². The fourth-order valence-corrected chi connectivity index (χ4v) is 1.68. The quantitative estimate of drug-likeness (QED) is 0.752. The first-order chi connectivity index (χ1) is 7.24.